The zero-order valence-electron chi connectivity index (χ0n) is 31.4. The van der Waals surface area contributed by atoms with Gasteiger partial charge in [-0.15, -0.1) is 11.3 Å². The summed E-state index contributed by atoms with van der Waals surface area (Å²) in [5.74, 6) is 0.295. The Bertz CT molecular complexity index is 3310. The zero-order chi connectivity index (χ0) is 37.1. The summed E-state index contributed by atoms with van der Waals surface area (Å²) in [6.07, 6.45) is 6.14. The topological polar surface area (TPSA) is 0 Å². The SMILES string of the molecule is CC1(C)C2=CCC(c3cccc(-c4c5ccccc5c(-c5ccc6ccccc6c5)c5ccccc45)c3)C=C2c2cc3cc4c(cc3cc21)sc1ccccc14. The zero-order valence-corrected chi connectivity index (χ0v) is 32.3. The fourth-order valence-electron chi connectivity index (χ4n) is 10.2. The van der Waals surface area contributed by atoms with Gasteiger partial charge in [-0.1, -0.05) is 153 Å². The summed E-state index contributed by atoms with van der Waals surface area (Å²) in [4.78, 5) is 0. The Morgan fingerprint density at radius 3 is 1.88 bits per heavy atom. The van der Waals surface area contributed by atoms with Crippen molar-refractivity contribution in [1.29, 1.82) is 0 Å². The molecule has 1 unspecified atom stereocenters. The first-order valence-corrected chi connectivity index (χ1v) is 20.7. The summed E-state index contributed by atoms with van der Waals surface area (Å²) >= 11 is 1.91. The van der Waals surface area contributed by atoms with Crippen LogP contribution in [0.2, 0.25) is 0 Å². The van der Waals surface area contributed by atoms with Gasteiger partial charge in [0.25, 0.3) is 0 Å². The lowest BCUT2D eigenvalue weighted by atomic mass is 9.77. The molecule has 0 aliphatic heterocycles. The Hall–Kier alpha value is -6.28. The first-order chi connectivity index (χ1) is 27.5. The summed E-state index contributed by atoms with van der Waals surface area (Å²) < 4.78 is 2.73. The smallest absolute Gasteiger partial charge is 0.0361 e. The average molecular weight is 731 g/mol. The van der Waals surface area contributed by atoms with E-state index < -0.39 is 0 Å². The van der Waals surface area contributed by atoms with Gasteiger partial charge in [0.2, 0.25) is 0 Å². The van der Waals surface area contributed by atoms with Gasteiger partial charge in [0.15, 0.2) is 0 Å². The molecule has 1 aromatic heterocycles. The molecule has 2 aliphatic carbocycles. The van der Waals surface area contributed by atoms with E-state index in [1.54, 1.807) is 0 Å². The molecular formula is C55H38S. The van der Waals surface area contributed by atoms with Crippen molar-refractivity contribution in [2.24, 2.45) is 0 Å². The largest absolute Gasteiger partial charge is 0.135 e. The van der Waals surface area contributed by atoms with E-state index in [1.165, 1.54) is 113 Å². The van der Waals surface area contributed by atoms with Crippen molar-refractivity contribution in [2.75, 3.05) is 0 Å². The molecule has 0 amide bonds. The van der Waals surface area contributed by atoms with Gasteiger partial charge >= 0.3 is 0 Å². The van der Waals surface area contributed by atoms with E-state index in [0.29, 0.717) is 5.92 Å². The first-order valence-electron chi connectivity index (χ1n) is 19.9. The normalized spacial score (nSPS) is 16.1. The summed E-state index contributed by atoms with van der Waals surface area (Å²) in [6, 6.07) is 61.7. The van der Waals surface area contributed by atoms with E-state index in [-0.39, 0.29) is 5.41 Å². The molecular weight excluding hydrogens is 693 g/mol. The van der Waals surface area contributed by atoms with E-state index in [0.717, 1.165) is 6.42 Å². The van der Waals surface area contributed by atoms with E-state index in [1.807, 2.05) is 11.3 Å². The second kappa shape index (κ2) is 11.9. The molecule has 264 valence electrons. The quantitative estimate of drug-likeness (QED) is 0.159. The molecule has 0 fully saturated rings. The predicted molar refractivity (Wildman–Crippen MR) is 243 cm³/mol. The fraction of sp³-hybridized carbons (Fsp3) is 0.0909. The molecule has 56 heavy (non-hydrogen) atoms. The van der Waals surface area contributed by atoms with Gasteiger partial charge in [0, 0.05) is 31.5 Å². The highest BCUT2D eigenvalue weighted by Crippen LogP contribution is 2.54. The van der Waals surface area contributed by atoms with Crippen LogP contribution in [0.4, 0.5) is 0 Å². The number of fused-ring (bicyclic) bond motifs is 10. The first kappa shape index (κ1) is 32.0. The van der Waals surface area contributed by atoms with Crippen molar-refractivity contribution >= 4 is 80.2 Å². The van der Waals surface area contributed by atoms with Crippen LogP contribution in [-0.4, -0.2) is 0 Å². The lowest BCUT2D eigenvalue weighted by molar-refractivity contribution is 0.651. The van der Waals surface area contributed by atoms with Crippen LogP contribution in [0.1, 0.15) is 42.9 Å². The molecule has 1 heteroatoms. The number of benzene rings is 9. The molecule has 9 aromatic carbocycles. The molecule has 0 bridgehead atoms. The predicted octanol–water partition coefficient (Wildman–Crippen LogP) is 15.8. The molecule has 12 rings (SSSR count). The van der Waals surface area contributed by atoms with Crippen LogP contribution in [0.5, 0.6) is 0 Å². The van der Waals surface area contributed by atoms with Crippen molar-refractivity contribution < 1.29 is 0 Å². The van der Waals surface area contributed by atoms with Crippen molar-refractivity contribution in [2.45, 2.75) is 31.6 Å². The van der Waals surface area contributed by atoms with Crippen molar-refractivity contribution in [3.63, 3.8) is 0 Å². The third kappa shape index (κ3) is 4.65. The Morgan fingerprint density at radius 1 is 0.482 bits per heavy atom. The van der Waals surface area contributed by atoms with Crippen LogP contribution in [-0.2, 0) is 5.41 Å². The number of thiophene rings is 1. The summed E-state index contributed by atoms with van der Waals surface area (Å²) in [5, 5.41) is 13.1. The van der Waals surface area contributed by atoms with Gasteiger partial charge < -0.3 is 0 Å². The maximum Gasteiger partial charge on any atom is 0.0361 e. The molecule has 0 radical (unpaired) electrons. The van der Waals surface area contributed by atoms with Crippen molar-refractivity contribution in [3.05, 3.63) is 198 Å². The molecule has 0 N–H and O–H groups in total. The van der Waals surface area contributed by atoms with Crippen LogP contribution in [0.15, 0.2) is 182 Å². The van der Waals surface area contributed by atoms with Crippen LogP contribution < -0.4 is 0 Å². The third-order valence-electron chi connectivity index (χ3n) is 12.9. The van der Waals surface area contributed by atoms with E-state index >= 15 is 0 Å². The van der Waals surface area contributed by atoms with Crippen LogP contribution >= 0.6 is 11.3 Å². The molecule has 0 saturated heterocycles. The minimum atomic E-state index is -0.0398. The summed E-state index contributed by atoms with van der Waals surface area (Å²) in [5.41, 5.74) is 12.2. The van der Waals surface area contributed by atoms with Gasteiger partial charge in [-0.05, 0) is 136 Å². The van der Waals surface area contributed by atoms with Gasteiger partial charge in [-0.2, -0.15) is 0 Å². The van der Waals surface area contributed by atoms with Crippen molar-refractivity contribution in [1.82, 2.24) is 0 Å². The van der Waals surface area contributed by atoms with Gasteiger partial charge in [0.05, 0.1) is 0 Å². The molecule has 0 spiro atoms. The van der Waals surface area contributed by atoms with E-state index in [9.17, 15) is 0 Å². The molecule has 1 atom stereocenters. The molecule has 2 aliphatic rings. The summed E-state index contributed by atoms with van der Waals surface area (Å²) in [6.45, 7) is 4.84. The lowest BCUT2D eigenvalue weighted by Crippen LogP contribution is -2.16. The maximum absolute atomic E-state index is 2.59. The Balaban J connectivity index is 0.997. The van der Waals surface area contributed by atoms with E-state index in [2.05, 4.69) is 190 Å². The van der Waals surface area contributed by atoms with Gasteiger partial charge in [-0.25, -0.2) is 0 Å². The number of allylic oxidation sites excluding steroid dienone is 4. The molecule has 1 heterocycles. The standard InChI is InChI=1S/C55H38S/c1-55(2)49-25-24-36(28-46(49)47-29-39-30-48-41-16-9-10-21-51(41)56-52(48)32-40(39)31-50(47)55)35-14-11-15-37(27-35)53-42-17-5-7-19-44(42)54(45-20-8-6-18-43(45)53)38-23-22-33-12-3-4-13-34(33)26-38/h3-23,25-32,36H,24H2,1-2H3. The molecule has 0 saturated carbocycles. The number of rotatable bonds is 3. The minimum absolute atomic E-state index is 0.0398. The fourth-order valence-corrected chi connectivity index (χ4v) is 11.3. The Kier molecular flexibility index (Phi) is 6.78. The second-order valence-corrected chi connectivity index (χ2v) is 17.5. The molecule has 10 aromatic rings. The summed E-state index contributed by atoms with van der Waals surface area (Å²) in [7, 11) is 0. The highest BCUT2D eigenvalue weighted by Gasteiger charge is 2.40. The van der Waals surface area contributed by atoms with Crippen LogP contribution in [0.3, 0.4) is 0 Å². The van der Waals surface area contributed by atoms with Crippen molar-refractivity contribution in [3.8, 4) is 22.3 Å². The minimum Gasteiger partial charge on any atom is -0.135 e. The Morgan fingerprint density at radius 2 is 1.12 bits per heavy atom. The van der Waals surface area contributed by atoms with Crippen LogP contribution in [0.25, 0.3) is 91.1 Å². The number of hydrogen-bond acceptors (Lipinski definition) is 1. The monoisotopic (exact) mass is 730 g/mol. The lowest BCUT2D eigenvalue weighted by Gasteiger charge is -2.26. The maximum atomic E-state index is 2.59. The van der Waals surface area contributed by atoms with Gasteiger partial charge in [0.1, 0.15) is 0 Å². The molecule has 0 nitrogen and oxygen atoms in total. The van der Waals surface area contributed by atoms with Gasteiger partial charge in [-0.3, -0.25) is 0 Å². The van der Waals surface area contributed by atoms with Crippen LogP contribution in [0, 0.1) is 0 Å². The highest BCUT2D eigenvalue weighted by atomic mass is 32.1. The average Bonchev–Trinajstić information content (AvgIpc) is 3.71. The highest BCUT2D eigenvalue weighted by molar-refractivity contribution is 7.25. The number of hydrogen-bond donors (Lipinski definition) is 0. The van der Waals surface area contributed by atoms with E-state index in [4.69, 9.17) is 0 Å². The third-order valence-corrected chi connectivity index (χ3v) is 14.0. The Labute approximate surface area is 330 Å². The second-order valence-electron chi connectivity index (χ2n) is 16.4.